The Morgan fingerprint density at radius 3 is 3.11 bits per heavy atom. The zero-order chi connectivity index (χ0) is 13.7. The number of ether oxygens (including phenoxy) is 1. The summed E-state index contributed by atoms with van der Waals surface area (Å²) in [6.45, 7) is 2.26. The molecule has 2 unspecified atom stereocenters. The Morgan fingerprint density at radius 1 is 1.63 bits per heavy atom. The van der Waals surface area contributed by atoms with E-state index >= 15 is 0 Å². The van der Waals surface area contributed by atoms with Gasteiger partial charge >= 0.3 is 5.97 Å². The van der Waals surface area contributed by atoms with Crippen molar-refractivity contribution in [2.75, 3.05) is 13.7 Å². The van der Waals surface area contributed by atoms with Crippen LogP contribution >= 0.6 is 11.8 Å². The Kier molecular flexibility index (Phi) is 4.76. The molecule has 0 spiro atoms. The highest BCUT2D eigenvalue weighted by Crippen LogP contribution is 2.39. The molecule has 0 bridgehead atoms. The average molecular weight is 281 g/mol. The zero-order valence-corrected chi connectivity index (χ0v) is 12.1. The van der Waals surface area contributed by atoms with Crippen LogP contribution in [0.3, 0.4) is 0 Å². The first kappa shape index (κ1) is 14.3. The van der Waals surface area contributed by atoms with Crippen LogP contribution in [-0.4, -0.2) is 40.4 Å². The number of likely N-dealkylation sites (N-methyl/N-ethyl adjacent to an activating group) is 1. The molecule has 0 aliphatic heterocycles. The van der Waals surface area contributed by atoms with Crippen molar-refractivity contribution >= 4 is 17.7 Å². The van der Waals surface area contributed by atoms with E-state index < -0.39 is 5.54 Å². The van der Waals surface area contributed by atoms with E-state index in [-0.39, 0.29) is 5.97 Å². The van der Waals surface area contributed by atoms with Crippen LogP contribution in [0.25, 0.3) is 0 Å². The van der Waals surface area contributed by atoms with Crippen molar-refractivity contribution < 1.29 is 9.53 Å². The molecule has 1 heterocycles. The maximum absolute atomic E-state index is 12.1. The minimum absolute atomic E-state index is 0.139. The van der Waals surface area contributed by atoms with Crippen molar-refractivity contribution in [2.24, 2.45) is 0 Å². The number of hydrogen-bond acceptors (Lipinski definition) is 6. The van der Waals surface area contributed by atoms with Gasteiger partial charge in [-0.15, -0.1) is 11.8 Å². The zero-order valence-electron chi connectivity index (χ0n) is 11.3. The van der Waals surface area contributed by atoms with E-state index in [4.69, 9.17) is 4.74 Å². The Bertz CT molecular complexity index is 429. The first-order valence-corrected chi connectivity index (χ1v) is 7.37. The van der Waals surface area contributed by atoms with Crippen LogP contribution in [-0.2, 0) is 9.53 Å². The summed E-state index contributed by atoms with van der Waals surface area (Å²) in [5, 5.41) is 4.43. The normalized spacial score (nSPS) is 26.3. The molecule has 1 aliphatic carbocycles. The predicted octanol–water partition coefficient (Wildman–Crippen LogP) is 1.64. The Morgan fingerprint density at radius 2 is 2.47 bits per heavy atom. The summed E-state index contributed by atoms with van der Waals surface area (Å²) in [4.78, 5) is 20.4. The monoisotopic (exact) mass is 281 g/mol. The van der Waals surface area contributed by atoms with Crippen molar-refractivity contribution in [1.82, 2.24) is 15.3 Å². The third-order valence-corrected chi connectivity index (χ3v) is 4.63. The fraction of sp³-hybridized carbons (Fsp3) is 0.615. The summed E-state index contributed by atoms with van der Waals surface area (Å²) < 4.78 is 5.18. The van der Waals surface area contributed by atoms with Gasteiger partial charge in [-0.25, -0.2) is 4.98 Å². The third-order valence-electron chi connectivity index (χ3n) is 3.44. The van der Waals surface area contributed by atoms with Crippen molar-refractivity contribution in [3.05, 3.63) is 18.6 Å². The Balaban J connectivity index is 1.99. The third kappa shape index (κ3) is 3.25. The van der Waals surface area contributed by atoms with Crippen LogP contribution in [0.5, 0.6) is 0 Å². The number of hydrogen-bond donors (Lipinski definition) is 1. The summed E-state index contributed by atoms with van der Waals surface area (Å²) in [6, 6.07) is 0. The highest BCUT2D eigenvalue weighted by Gasteiger charge is 2.45. The maximum atomic E-state index is 12.1. The molecule has 5 nitrogen and oxygen atoms in total. The van der Waals surface area contributed by atoms with Crippen LogP contribution in [0, 0.1) is 0 Å². The number of carbonyl (C=O) groups excluding carboxylic acids is 1. The first-order valence-electron chi connectivity index (χ1n) is 6.49. The van der Waals surface area contributed by atoms with Gasteiger partial charge in [0.1, 0.15) is 10.6 Å². The van der Waals surface area contributed by atoms with Crippen molar-refractivity contribution in [3.63, 3.8) is 0 Å². The van der Waals surface area contributed by atoms with E-state index in [0.717, 1.165) is 24.3 Å². The largest absolute Gasteiger partial charge is 0.465 e. The Hall–Kier alpha value is -1.14. The lowest BCUT2D eigenvalue weighted by molar-refractivity contribution is -0.150. The van der Waals surface area contributed by atoms with Crippen molar-refractivity contribution in [2.45, 2.75) is 42.0 Å². The Labute approximate surface area is 117 Å². The summed E-state index contributed by atoms with van der Waals surface area (Å²) in [6.07, 6.45) is 7.66. The molecular weight excluding hydrogens is 262 g/mol. The molecule has 0 amide bonds. The van der Waals surface area contributed by atoms with Crippen LogP contribution < -0.4 is 5.32 Å². The fourth-order valence-corrected chi connectivity index (χ4v) is 3.59. The number of nitrogens with one attached hydrogen (secondary N) is 1. The lowest BCUT2D eigenvalue weighted by Gasteiger charge is -2.26. The van der Waals surface area contributed by atoms with E-state index in [2.05, 4.69) is 15.3 Å². The van der Waals surface area contributed by atoms with Gasteiger partial charge in [0.25, 0.3) is 0 Å². The molecule has 1 saturated carbocycles. The molecule has 1 N–H and O–H groups in total. The fourth-order valence-electron chi connectivity index (χ4n) is 2.40. The second-order valence-electron chi connectivity index (χ2n) is 4.58. The second kappa shape index (κ2) is 6.34. The van der Waals surface area contributed by atoms with E-state index in [1.54, 1.807) is 30.4 Å². The molecule has 104 valence electrons. The first-order chi connectivity index (χ1) is 9.20. The average Bonchev–Trinajstić information content (AvgIpc) is 2.85. The number of nitrogens with zero attached hydrogens (tertiary/aromatic N) is 2. The van der Waals surface area contributed by atoms with Crippen LogP contribution in [0.2, 0.25) is 0 Å². The second-order valence-corrected chi connectivity index (χ2v) is 5.90. The van der Waals surface area contributed by atoms with Gasteiger partial charge in [-0.1, -0.05) is 0 Å². The van der Waals surface area contributed by atoms with Gasteiger partial charge in [-0.3, -0.25) is 9.78 Å². The van der Waals surface area contributed by atoms with Gasteiger partial charge in [0.05, 0.1) is 12.8 Å². The number of aromatic nitrogens is 2. The number of carbonyl (C=O) groups is 1. The molecule has 1 fully saturated rings. The molecule has 1 aliphatic rings. The molecular formula is C13H19N3O2S. The summed E-state index contributed by atoms with van der Waals surface area (Å²) >= 11 is 1.68. The van der Waals surface area contributed by atoms with Gasteiger partial charge < -0.3 is 10.1 Å². The topological polar surface area (TPSA) is 64.1 Å². The highest BCUT2D eigenvalue weighted by atomic mass is 32.2. The van der Waals surface area contributed by atoms with Gasteiger partial charge in [-0.05, 0) is 33.2 Å². The molecule has 2 rings (SSSR count). The molecule has 0 saturated heterocycles. The van der Waals surface area contributed by atoms with Crippen LogP contribution in [0.1, 0.15) is 26.2 Å². The molecule has 0 aromatic carbocycles. The maximum Gasteiger partial charge on any atom is 0.326 e. The number of thioether (sulfide) groups is 1. The van der Waals surface area contributed by atoms with E-state index in [9.17, 15) is 4.79 Å². The van der Waals surface area contributed by atoms with Gasteiger partial charge in [0.15, 0.2) is 0 Å². The molecule has 1 aromatic heterocycles. The number of rotatable bonds is 5. The van der Waals surface area contributed by atoms with Crippen molar-refractivity contribution in [3.8, 4) is 0 Å². The smallest absolute Gasteiger partial charge is 0.326 e. The molecule has 2 atom stereocenters. The lowest BCUT2D eigenvalue weighted by Crippen LogP contribution is -2.49. The van der Waals surface area contributed by atoms with E-state index in [0.29, 0.717) is 11.9 Å². The molecule has 0 radical (unpaired) electrons. The van der Waals surface area contributed by atoms with Crippen LogP contribution in [0.15, 0.2) is 23.6 Å². The highest BCUT2D eigenvalue weighted by molar-refractivity contribution is 7.99. The quantitative estimate of drug-likeness (QED) is 0.828. The minimum atomic E-state index is -0.532. The van der Waals surface area contributed by atoms with Gasteiger partial charge in [0.2, 0.25) is 0 Å². The predicted molar refractivity (Wildman–Crippen MR) is 74.0 cm³/mol. The van der Waals surface area contributed by atoms with E-state index in [1.165, 1.54) is 0 Å². The number of esters is 1. The molecule has 1 aromatic rings. The van der Waals surface area contributed by atoms with E-state index in [1.807, 2.05) is 14.0 Å². The lowest BCUT2D eigenvalue weighted by atomic mass is 9.98. The van der Waals surface area contributed by atoms with Crippen LogP contribution in [0.4, 0.5) is 0 Å². The summed E-state index contributed by atoms with van der Waals surface area (Å²) in [7, 11) is 1.83. The SMILES string of the molecule is CCOC(=O)C1(NC)CCC(Sc2cnccn2)C1. The summed E-state index contributed by atoms with van der Waals surface area (Å²) in [5.41, 5.74) is -0.532. The standard InChI is InChI=1S/C13H19N3O2S/c1-3-18-12(17)13(14-2)5-4-10(8-13)19-11-9-15-6-7-16-11/h6-7,9-10,14H,3-5,8H2,1-2H3. The molecule has 6 heteroatoms. The minimum Gasteiger partial charge on any atom is -0.465 e. The van der Waals surface area contributed by atoms with Gasteiger partial charge in [0, 0.05) is 17.6 Å². The molecule has 19 heavy (non-hydrogen) atoms. The summed E-state index contributed by atoms with van der Waals surface area (Å²) in [5.74, 6) is -0.139. The van der Waals surface area contributed by atoms with Gasteiger partial charge in [-0.2, -0.15) is 0 Å². The van der Waals surface area contributed by atoms with Crippen molar-refractivity contribution in [1.29, 1.82) is 0 Å².